The van der Waals surface area contributed by atoms with E-state index < -0.39 is 0 Å². The number of amidine groups is 1. The highest BCUT2D eigenvalue weighted by molar-refractivity contribution is 7.11. The molecule has 0 atom stereocenters. The van der Waals surface area contributed by atoms with E-state index in [9.17, 15) is 0 Å². The highest BCUT2D eigenvalue weighted by Crippen LogP contribution is 2.17. The van der Waals surface area contributed by atoms with Crippen LogP contribution in [0.2, 0.25) is 0 Å². The fourth-order valence-electron chi connectivity index (χ4n) is 0.811. The monoisotopic (exact) mass is 166 g/mol. The minimum atomic E-state index is 0.571. The summed E-state index contributed by atoms with van der Waals surface area (Å²) in [7, 11) is 1.68. The zero-order valence-electron chi connectivity index (χ0n) is 6.37. The fourth-order valence-corrected chi connectivity index (χ4v) is 1.56. The molecule has 0 aromatic carbocycles. The molecule has 1 heterocycles. The summed E-state index contributed by atoms with van der Waals surface area (Å²) in [5, 5.41) is 1.98. The molecule has 0 bridgehead atoms. The molecule has 0 spiro atoms. The third kappa shape index (κ3) is 1.49. The van der Waals surface area contributed by atoms with E-state index >= 15 is 0 Å². The largest absolute Gasteiger partial charge is 0.383 e. The molecule has 0 saturated carbocycles. The number of thiophene rings is 1. The molecule has 2 nitrogen and oxygen atoms in total. The molecule has 0 amide bonds. The van der Waals surface area contributed by atoms with Crippen LogP contribution in [0.3, 0.4) is 0 Å². The van der Waals surface area contributed by atoms with Crippen molar-refractivity contribution in [3.8, 4) is 0 Å². The van der Waals surface area contributed by atoms with E-state index in [4.69, 9.17) is 5.73 Å². The lowest BCUT2D eigenvalue weighted by molar-refractivity contribution is 1.40. The first-order valence-corrected chi connectivity index (χ1v) is 4.10. The Morgan fingerprint density at radius 1 is 1.82 bits per heavy atom. The van der Waals surface area contributed by atoms with Crippen LogP contribution in [0.25, 0.3) is 6.08 Å². The Labute approximate surface area is 70.1 Å². The van der Waals surface area contributed by atoms with Crippen molar-refractivity contribution < 1.29 is 0 Å². The molecule has 0 radical (unpaired) electrons. The fraction of sp³-hybridized carbons (Fsp3) is 0.125. The summed E-state index contributed by atoms with van der Waals surface area (Å²) < 4.78 is 0. The third-order valence-electron chi connectivity index (χ3n) is 1.40. The van der Waals surface area contributed by atoms with E-state index in [2.05, 4.69) is 11.6 Å². The summed E-state index contributed by atoms with van der Waals surface area (Å²) in [6.07, 6.45) is 1.79. The molecule has 2 N–H and O–H groups in total. The van der Waals surface area contributed by atoms with Gasteiger partial charge in [0.15, 0.2) is 0 Å². The van der Waals surface area contributed by atoms with Crippen molar-refractivity contribution >= 4 is 23.2 Å². The Balaban J connectivity index is 3.12. The number of hydrogen-bond acceptors (Lipinski definition) is 2. The number of rotatable bonds is 2. The average Bonchev–Trinajstić information content (AvgIpc) is 2.50. The molecule has 0 fully saturated rings. The predicted octanol–water partition coefficient (Wildman–Crippen LogP) is 1.73. The smallest absolute Gasteiger partial charge is 0.126 e. The second-order valence-corrected chi connectivity index (χ2v) is 2.96. The van der Waals surface area contributed by atoms with Crippen LogP contribution >= 0.6 is 11.3 Å². The Morgan fingerprint density at radius 3 is 3.09 bits per heavy atom. The number of aliphatic imine (C=N–C) groups is 1. The van der Waals surface area contributed by atoms with Crippen LogP contribution in [0, 0.1) is 0 Å². The van der Waals surface area contributed by atoms with Crippen LogP contribution in [0.15, 0.2) is 23.0 Å². The maximum absolute atomic E-state index is 5.62. The zero-order valence-corrected chi connectivity index (χ0v) is 7.19. The minimum absolute atomic E-state index is 0.571. The second-order valence-electron chi connectivity index (χ2n) is 2.01. The molecule has 1 aromatic rings. The van der Waals surface area contributed by atoms with Crippen molar-refractivity contribution in [3.05, 3.63) is 28.5 Å². The lowest BCUT2D eigenvalue weighted by Gasteiger charge is -1.95. The number of nitrogens with zero attached hydrogens (tertiary/aromatic N) is 1. The van der Waals surface area contributed by atoms with Gasteiger partial charge in [-0.15, -0.1) is 11.3 Å². The average molecular weight is 166 g/mol. The van der Waals surface area contributed by atoms with E-state index in [1.807, 2.05) is 11.4 Å². The van der Waals surface area contributed by atoms with Crippen molar-refractivity contribution in [1.82, 2.24) is 0 Å². The summed E-state index contributed by atoms with van der Waals surface area (Å²) in [6, 6.07) is 1.95. The van der Waals surface area contributed by atoms with E-state index in [1.165, 1.54) is 0 Å². The van der Waals surface area contributed by atoms with E-state index in [1.54, 1.807) is 24.5 Å². The first-order chi connectivity index (χ1) is 5.29. The van der Waals surface area contributed by atoms with Gasteiger partial charge in [-0.25, -0.2) is 0 Å². The van der Waals surface area contributed by atoms with Crippen LogP contribution in [0.1, 0.15) is 10.4 Å². The Hall–Kier alpha value is -1.09. The summed E-state index contributed by atoms with van der Waals surface area (Å²) >= 11 is 1.61. The van der Waals surface area contributed by atoms with E-state index in [0.717, 1.165) is 10.4 Å². The molecular weight excluding hydrogens is 156 g/mol. The molecule has 0 aliphatic carbocycles. The number of hydrogen-bond donors (Lipinski definition) is 1. The van der Waals surface area contributed by atoms with Crippen LogP contribution in [-0.2, 0) is 0 Å². The lowest BCUT2D eigenvalue weighted by Crippen LogP contribution is -2.12. The number of nitrogens with two attached hydrogens (primary N) is 1. The minimum Gasteiger partial charge on any atom is -0.383 e. The van der Waals surface area contributed by atoms with Gasteiger partial charge >= 0.3 is 0 Å². The van der Waals surface area contributed by atoms with Gasteiger partial charge in [-0.1, -0.05) is 12.7 Å². The third-order valence-corrected chi connectivity index (χ3v) is 2.31. The van der Waals surface area contributed by atoms with Crippen LogP contribution in [0.5, 0.6) is 0 Å². The molecule has 0 aliphatic heterocycles. The standard InChI is InChI=1S/C8H10N2S/c1-3-7-6(4-5-11-7)8(9)10-2/h3-5H,1H2,2H3,(H2,9,10). The highest BCUT2D eigenvalue weighted by atomic mass is 32.1. The van der Waals surface area contributed by atoms with E-state index in [-0.39, 0.29) is 0 Å². The van der Waals surface area contributed by atoms with Crippen LogP contribution < -0.4 is 5.73 Å². The Kier molecular flexibility index (Phi) is 2.44. The molecule has 0 aliphatic rings. The van der Waals surface area contributed by atoms with Gasteiger partial charge in [-0.2, -0.15) is 0 Å². The Morgan fingerprint density at radius 2 is 2.55 bits per heavy atom. The van der Waals surface area contributed by atoms with Gasteiger partial charge in [-0.05, 0) is 11.4 Å². The van der Waals surface area contributed by atoms with Gasteiger partial charge in [-0.3, -0.25) is 4.99 Å². The molecule has 0 unspecified atom stereocenters. The van der Waals surface area contributed by atoms with Gasteiger partial charge < -0.3 is 5.73 Å². The van der Waals surface area contributed by atoms with Gasteiger partial charge in [0.2, 0.25) is 0 Å². The molecule has 0 saturated heterocycles. The Bertz CT molecular complexity index is 286. The zero-order chi connectivity index (χ0) is 8.27. The summed E-state index contributed by atoms with van der Waals surface area (Å²) in [5.41, 5.74) is 6.60. The quantitative estimate of drug-likeness (QED) is 0.527. The van der Waals surface area contributed by atoms with Crippen molar-refractivity contribution in [2.24, 2.45) is 10.7 Å². The summed E-state index contributed by atoms with van der Waals surface area (Å²) in [5.74, 6) is 0.571. The molecular formula is C8H10N2S. The van der Waals surface area contributed by atoms with Crippen LogP contribution in [0.4, 0.5) is 0 Å². The van der Waals surface area contributed by atoms with Crippen molar-refractivity contribution in [2.45, 2.75) is 0 Å². The van der Waals surface area contributed by atoms with Gasteiger partial charge in [0.05, 0.1) is 0 Å². The maximum Gasteiger partial charge on any atom is 0.126 e. The van der Waals surface area contributed by atoms with Gasteiger partial charge in [0.25, 0.3) is 0 Å². The molecule has 3 heteroatoms. The van der Waals surface area contributed by atoms with E-state index in [0.29, 0.717) is 5.84 Å². The topological polar surface area (TPSA) is 38.4 Å². The summed E-state index contributed by atoms with van der Waals surface area (Å²) in [6.45, 7) is 3.68. The molecule has 1 aromatic heterocycles. The molecule has 1 rings (SSSR count). The van der Waals surface area contributed by atoms with Crippen molar-refractivity contribution in [3.63, 3.8) is 0 Å². The normalized spacial score (nSPS) is 11.5. The lowest BCUT2D eigenvalue weighted by atomic mass is 10.2. The van der Waals surface area contributed by atoms with Gasteiger partial charge in [0, 0.05) is 17.5 Å². The second kappa shape index (κ2) is 3.34. The maximum atomic E-state index is 5.62. The van der Waals surface area contributed by atoms with Crippen molar-refractivity contribution in [2.75, 3.05) is 7.05 Å². The predicted molar refractivity (Wildman–Crippen MR) is 51.1 cm³/mol. The summed E-state index contributed by atoms with van der Waals surface area (Å²) in [4.78, 5) is 4.97. The van der Waals surface area contributed by atoms with Crippen molar-refractivity contribution in [1.29, 1.82) is 0 Å². The molecule has 11 heavy (non-hydrogen) atoms. The van der Waals surface area contributed by atoms with Gasteiger partial charge in [0.1, 0.15) is 5.84 Å². The highest BCUT2D eigenvalue weighted by Gasteiger charge is 2.02. The van der Waals surface area contributed by atoms with Crippen LogP contribution in [-0.4, -0.2) is 12.9 Å². The molecule has 58 valence electrons. The first-order valence-electron chi connectivity index (χ1n) is 3.22. The first kappa shape index (κ1) is 8.01. The SMILES string of the molecule is C=Cc1sccc1C(N)=NC.